The lowest BCUT2D eigenvalue weighted by molar-refractivity contribution is 0.141. The molecule has 19 heavy (non-hydrogen) atoms. The highest BCUT2D eigenvalue weighted by Crippen LogP contribution is 2.39. The normalized spacial score (nSPS) is 29.4. The van der Waals surface area contributed by atoms with Crippen LogP contribution in [-0.4, -0.2) is 34.7 Å². The Morgan fingerprint density at radius 2 is 1.95 bits per heavy atom. The molecule has 3 aliphatic rings. The predicted octanol–water partition coefficient (Wildman–Crippen LogP) is 2.93. The molecule has 104 valence electrons. The Kier molecular flexibility index (Phi) is 3.06. The first-order valence-corrected chi connectivity index (χ1v) is 7.94. The lowest BCUT2D eigenvalue weighted by Crippen LogP contribution is -2.39. The van der Waals surface area contributed by atoms with E-state index in [1.54, 1.807) is 0 Å². The number of likely N-dealkylation sites (tertiary alicyclic amines) is 1. The minimum atomic E-state index is 0.505. The Morgan fingerprint density at radius 1 is 1.05 bits per heavy atom. The zero-order valence-electron chi connectivity index (χ0n) is 11.6. The van der Waals surface area contributed by atoms with E-state index in [-0.39, 0.29) is 0 Å². The lowest BCUT2D eigenvalue weighted by Gasteiger charge is -2.36. The largest absolute Gasteiger partial charge is 0.339 e. The first-order valence-electron chi connectivity index (χ1n) is 7.94. The molecule has 0 radical (unpaired) electrons. The van der Waals surface area contributed by atoms with Gasteiger partial charge < -0.3 is 9.42 Å². The van der Waals surface area contributed by atoms with Crippen LogP contribution in [0.1, 0.15) is 68.5 Å². The molecule has 1 unspecified atom stereocenters. The van der Waals surface area contributed by atoms with Gasteiger partial charge in [0, 0.05) is 24.9 Å². The van der Waals surface area contributed by atoms with Crippen LogP contribution in [0.3, 0.4) is 0 Å². The van der Waals surface area contributed by atoms with Gasteiger partial charge in [-0.15, -0.1) is 0 Å². The molecular formula is C15H23N3O. The van der Waals surface area contributed by atoms with Gasteiger partial charge in [0.05, 0.1) is 0 Å². The first-order chi connectivity index (χ1) is 9.38. The van der Waals surface area contributed by atoms with Gasteiger partial charge in [-0.25, -0.2) is 0 Å². The van der Waals surface area contributed by atoms with E-state index >= 15 is 0 Å². The van der Waals surface area contributed by atoms with Crippen molar-refractivity contribution in [2.45, 2.75) is 56.8 Å². The van der Waals surface area contributed by atoms with Crippen molar-refractivity contribution in [1.82, 2.24) is 15.0 Å². The lowest BCUT2D eigenvalue weighted by atomic mass is 9.84. The van der Waals surface area contributed by atoms with Crippen LogP contribution in [-0.2, 0) is 0 Å². The average molecular weight is 261 g/mol. The van der Waals surface area contributed by atoms with Gasteiger partial charge >= 0.3 is 0 Å². The van der Waals surface area contributed by atoms with Crippen LogP contribution in [0.15, 0.2) is 4.52 Å². The van der Waals surface area contributed by atoms with E-state index in [0.717, 1.165) is 24.2 Å². The van der Waals surface area contributed by atoms with Crippen LogP contribution >= 0.6 is 0 Å². The SMILES string of the molecule is C1CC(CN2CCCC(c3noc(C4CC4)n3)C2)C1. The summed E-state index contributed by atoms with van der Waals surface area (Å²) in [4.78, 5) is 7.27. The number of aromatic nitrogens is 2. The second-order valence-electron chi connectivity index (χ2n) is 6.66. The third kappa shape index (κ3) is 2.55. The van der Waals surface area contributed by atoms with E-state index in [4.69, 9.17) is 4.52 Å². The molecule has 1 aliphatic heterocycles. The molecule has 0 spiro atoms. The minimum Gasteiger partial charge on any atom is -0.339 e. The van der Waals surface area contributed by atoms with Crippen molar-refractivity contribution in [3.63, 3.8) is 0 Å². The van der Waals surface area contributed by atoms with Gasteiger partial charge in [0.25, 0.3) is 0 Å². The smallest absolute Gasteiger partial charge is 0.229 e. The number of rotatable bonds is 4. The number of piperidine rings is 1. The highest BCUT2D eigenvalue weighted by Gasteiger charge is 2.32. The molecule has 1 aromatic rings. The zero-order valence-corrected chi connectivity index (χ0v) is 11.6. The highest BCUT2D eigenvalue weighted by molar-refractivity contribution is 5.05. The number of hydrogen-bond donors (Lipinski definition) is 0. The molecule has 0 aromatic carbocycles. The molecule has 4 rings (SSSR count). The molecule has 0 bridgehead atoms. The Balaban J connectivity index is 1.38. The van der Waals surface area contributed by atoms with Crippen molar-refractivity contribution in [2.75, 3.05) is 19.6 Å². The third-order valence-electron chi connectivity index (χ3n) is 5.00. The Bertz CT molecular complexity index is 436. The highest BCUT2D eigenvalue weighted by atomic mass is 16.5. The number of nitrogens with zero attached hydrogens (tertiary/aromatic N) is 3. The molecule has 2 heterocycles. The van der Waals surface area contributed by atoms with E-state index < -0.39 is 0 Å². The first kappa shape index (κ1) is 11.9. The Labute approximate surface area is 114 Å². The maximum Gasteiger partial charge on any atom is 0.229 e. The fraction of sp³-hybridized carbons (Fsp3) is 0.867. The summed E-state index contributed by atoms with van der Waals surface area (Å²) >= 11 is 0. The summed E-state index contributed by atoms with van der Waals surface area (Å²) in [5.41, 5.74) is 0. The van der Waals surface area contributed by atoms with Crippen LogP contribution in [0.4, 0.5) is 0 Å². The van der Waals surface area contributed by atoms with Gasteiger partial charge in [0.2, 0.25) is 5.89 Å². The van der Waals surface area contributed by atoms with E-state index in [0.29, 0.717) is 11.8 Å². The molecule has 0 amide bonds. The van der Waals surface area contributed by atoms with Crippen molar-refractivity contribution in [3.8, 4) is 0 Å². The van der Waals surface area contributed by atoms with Crippen molar-refractivity contribution < 1.29 is 4.52 Å². The van der Waals surface area contributed by atoms with Gasteiger partial charge in [0.1, 0.15) is 0 Å². The molecular weight excluding hydrogens is 238 g/mol. The Morgan fingerprint density at radius 3 is 2.68 bits per heavy atom. The predicted molar refractivity (Wildman–Crippen MR) is 72.0 cm³/mol. The topological polar surface area (TPSA) is 42.2 Å². The maximum absolute atomic E-state index is 5.41. The van der Waals surface area contributed by atoms with Crippen molar-refractivity contribution in [2.24, 2.45) is 5.92 Å². The van der Waals surface area contributed by atoms with Crippen molar-refractivity contribution >= 4 is 0 Å². The molecule has 1 aromatic heterocycles. The monoisotopic (exact) mass is 261 g/mol. The van der Waals surface area contributed by atoms with E-state index in [9.17, 15) is 0 Å². The zero-order chi connectivity index (χ0) is 12.7. The fourth-order valence-electron chi connectivity index (χ4n) is 3.38. The maximum atomic E-state index is 5.41. The van der Waals surface area contributed by atoms with E-state index in [1.807, 2.05) is 0 Å². The second-order valence-corrected chi connectivity index (χ2v) is 6.66. The average Bonchev–Trinajstić information content (AvgIpc) is 3.12. The van der Waals surface area contributed by atoms with Crippen LogP contribution in [0.5, 0.6) is 0 Å². The van der Waals surface area contributed by atoms with Crippen molar-refractivity contribution in [3.05, 3.63) is 11.7 Å². The van der Waals surface area contributed by atoms with E-state index in [2.05, 4.69) is 15.0 Å². The molecule has 4 nitrogen and oxygen atoms in total. The summed E-state index contributed by atoms with van der Waals surface area (Å²) in [7, 11) is 0. The quantitative estimate of drug-likeness (QED) is 0.835. The number of hydrogen-bond acceptors (Lipinski definition) is 4. The van der Waals surface area contributed by atoms with Gasteiger partial charge in [0.15, 0.2) is 5.82 Å². The summed E-state index contributed by atoms with van der Waals surface area (Å²) in [5, 5.41) is 4.24. The molecule has 0 N–H and O–H groups in total. The molecule has 2 saturated carbocycles. The van der Waals surface area contributed by atoms with Gasteiger partial charge in [-0.2, -0.15) is 4.98 Å². The van der Waals surface area contributed by atoms with Crippen LogP contribution in [0.2, 0.25) is 0 Å². The summed E-state index contributed by atoms with van der Waals surface area (Å²) in [5.74, 6) is 3.92. The molecule has 2 aliphatic carbocycles. The summed E-state index contributed by atoms with van der Waals surface area (Å²) in [6, 6.07) is 0. The molecule has 3 fully saturated rings. The Hall–Kier alpha value is -0.900. The second kappa shape index (κ2) is 4.89. The summed E-state index contributed by atoms with van der Waals surface area (Å²) in [6.07, 6.45) is 9.30. The van der Waals surface area contributed by atoms with Crippen LogP contribution in [0, 0.1) is 5.92 Å². The van der Waals surface area contributed by atoms with Crippen molar-refractivity contribution in [1.29, 1.82) is 0 Å². The van der Waals surface area contributed by atoms with Crippen LogP contribution < -0.4 is 0 Å². The molecule has 1 atom stereocenters. The van der Waals surface area contributed by atoms with Gasteiger partial charge in [-0.3, -0.25) is 0 Å². The van der Waals surface area contributed by atoms with E-state index in [1.165, 1.54) is 58.0 Å². The minimum absolute atomic E-state index is 0.505. The summed E-state index contributed by atoms with van der Waals surface area (Å²) in [6.45, 7) is 3.70. The summed E-state index contributed by atoms with van der Waals surface area (Å²) < 4.78 is 5.41. The molecule has 4 heteroatoms. The molecule has 1 saturated heterocycles. The third-order valence-corrected chi connectivity index (χ3v) is 5.00. The standard InChI is InChI=1S/C15H23N3O/c1-3-11(4-1)9-18-8-2-5-13(10-18)14-16-15(19-17-14)12-6-7-12/h11-13H,1-10H2. The fourth-order valence-corrected chi connectivity index (χ4v) is 3.38. The van der Waals surface area contributed by atoms with Gasteiger partial charge in [-0.1, -0.05) is 11.6 Å². The van der Waals surface area contributed by atoms with Gasteiger partial charge in [-0.05, 0) is 51.0 Å². The van der Waals surface area contributed by atoms with Crippen LogP contribution in [0.25, 0.3) is 0 Å².